The molecule has 0 aromatic heterocycles. The second-order valence-corrected chi connectivity index (χ2v) is 4.82. The van der Waals surface area contributed by atoms with Crippen LogP contribution in [0.1, 0.15) is 19.4 Å². The van der Waals surface area contributed by atoms with Gasteiger partial charge in [0.1, 0.15) is 12.4 Å². The van der Waals surface area contributed by atoms with E-state index in [1.807, 2.05) is 0 Å². The Balaban J connectivity index is 2.79. The molecule has 0 heterocycles. The number of carboxylic acids is 1. The maximum atomic E-state index is 13.2. The van der Waals surface area contributed by atoms with Crippen molar-refractivity contribution in [2.45, 2.75) is 19.4 Å². The van der Waals surface area contributed by atoms with Gasteiger partial charge in [0.15, 0.2) is 0 Å². The molecule has 1 aromatic rings. The van der Waals surface area contributed by atoms with E-state index < -0.39 is 29.9 Å². The van der Waals surface area contributed by atoms with Gasteiger partial charge in [-0.05, 0) is 31.5 Å². The maximum Gasteiger partial charge on any atom is 0.323 e. The highest BCUT2D eigenvalue weighted by atomic mass is 19.1. The molecule has 1 rings (SSSR count). The molecule has 2 N–H and O–H groups in total. The number of hydrogen-bond acceptors (Lipinski definition) is 2. The second-order valence-electron chi connectivity index (χ2n) is 4.82. The van der Waals surface area contributed by atoms with Crippen molar-refractivity contribution in [3.05, 3.63) is 35.6 Å². The third-order valence-corrected chi connectivity index (χ3v) is 2.68. The van der Waals surface area contributed by atoms with Crippen LogP contribution in [0, 0.1) is 5.82 Å². The van der Waals surface area contributed by atoms with Crippen LogP contribution in [-0.2, 0) is 10.3 Å². The lowest BCUT2D eigenvalue weighted by Crippen LogP contribution is -2.48. The summed E-state index contributed by atoms with van der Waals surface area (Å²) in [5, 5.41) is 11.3. The van der Waals surface area contributed by atoms with Gasteiger partial charge in [-0.2, -0.15) is 0 Å². The molecule has 0 saturated heterocycles. The fourth-order valence-electron chi connectivity index (χ4n) is 1.59. The summed E-state index contributed by atoms with van der Waals surface area (Å²) in [7, 11) is 1.38. The molecule has 0 bridgehead atoms. The number of rotatable bonds is 4. The molecule has 1 aromatic carbocycles. The van der Waals surface area contributed by atoms with Crippen molar-refractivity contribution in [3.8, 4) is 0 Å². The van der Waals surface area contributed by atoms with Crippen LogP contribution in [0.25, 0.3) is 0 Å². The van der Waals surface area contributed by atoms with Gasteiger partial charge in [-0.3, -0.25) is 4.79 Å². The Morgan fingerprint density at radius 2 is 2.05 bits per heavy atom. The van der Waals surface area contributed by atoms with E-state index in [2.05, 4.69) is 5.32 Å². The Bertz CT molecular complexity index is 489. The Hall–Kier alpha value is -2.11. The molecule has 0 aliphatic heterocycles. The first kappa shape index (κ1) is 14.9. The number of nitrogens with one attached hydrogen (secondary N) is 1. The molecule has 0 radical (unpaired) electrons. The molecule has 0 saturated carbocycles. The number of carbonyl (C=O) groups is 2. The van der Waals surface area contributed by atoms with E-state index >= 15 is 0 Å². The van der Waals surface area contributed by atoms with Crippen molar-refractivity contribution in [2.24, 2.45) is 0 Å². The van der Waals surface area contributed by atoms with E-state index in [0.29, 0.717) is 5.56 Å². The highest BCUT2D eigenvalue weighted by Crippen LogP contribution is 2.20. The zero-order valence-electron chi connectivity index (χ0n) is 11.1. The van der Waals surface area contributed by atoms with Crippen LogP contribution in [0.15, 0.2) is 24.3 Å². The van der Waals surface area contributed by atoms with Gasteiger partial charge in [-0.25, -0.2) is 9.18 Å². The van der Waals surface area contributed by atoms with Crippen LogP contribution in [0.4, 0.5) is 9.18 Å². The van der Waals surface area contributed by atoms with Gasteiger partial charge in [0, 0.05) is 7.05 Å². The number of halogens is 1. The number of likely N-dealkylation sites (N-methyl/N-ethyl adjacent to an activating group) is 1. The van der Waals surface area contributed by atoms with Gasteiger partial charge in [0.25, 0.3) is 0 Å². The molecule has 5 nitrogen and oxygen atoms in total. The molecule has 2 amide bonds. The molecule has 0 fully saturated rings. The summed E-state index contributed by atoms with van der Waals surface area (Å²) in [6.45, 7) is 3.04. The summed E-state index contributed by atoms with van der Waals surface area (Å²) in [4.78, 5) is 23.4. The van der Waals surface area contributed by atoms with E-state index in [-0.39, 0.29) is 0 Å². The zero-order valence-corrected chi connectivity index (χ0v) is 11.1. The van der Waals surface area contributed by atoms with Crippen molar-refractivity contribution < 1.29 is 19.1 Å². The van der Waals surface area contributed by atoms with E-state index in [9.17, 15) is 14.0 Å². The monoisotopic (exact) mass is 268 g/mol. The molecule has 6 heteroatoms. The number of amides is 2. The lowest BCUT2D eigenvalue weighted by Gasteiger charge is -2.29. The average Bonchev–Trinajstić information content (AvgIpc) is 2.27. The minimum absolute atomic E-state index is 0.390. The minimum atomic E-state index is -1.10. The number of urea groups is 1. The first-order chi connectivity index (χ1) is 8.72. The van der Waals surface area contributed by atoms with Gasteiger partial charge < -0.3 is 15.3 Å². The summed E-state index contributed by atoms with van der Waals surface area (Å²) < 4.78 is 13.2. The Morgan fingerprint density at radius 1 is 1.42 bits per heavy atom. The normalized spacial score (nSPS) is 10.9. The van der Waals surface area contributed by atoms with Crippen molar-refractivity contribution in [3.63, 3.8) is 0 Å². The number of carbonyl (C=O) groups excluding carboxylic acids is 1. The molecule has 0 aliphatic rings. The van der Waals surface area contributed by atoms with Crippen LogP contribution in [0.3, 0.4) is 0 Å². The fraction of sp³-hybridized carbons (Fsp3) is 0.385. The topological polar surface area (TPSA) is 69.6 Å². The molecule has 0 atom stereocenters. The molecule has 104 valence electrons. The van der Waals surface area contributed by atoms with E-state index in [1.54, 1.807) is 26.0 Å². The number of nitrogens with zero attached hydrogens (tertiary/aromatic N) is 1. The van der Waals surface area contributed by atoms with E-state index in [4.69, 9.17) is 5.11 Å². The molecular weight excluding hydrogens is 251 g/mol. The molecule has 0 aliphatic carbocycles. The third-order valence-electron chi connectivity index (χ3n) is 2.68. The van der Waals surface area contributed by atoms with Crippen LogP contribution < -0.4 is 5.32 Å². The van der Waals surface area contributed by atoms with Gasteiger partial charge in [0.2, 0.25) is 0 Å². The van der Waals surface area contributed by atoms with Gasteiger partial charge in [-0.15, -0.1) is 0 Å². The highest BCUT2D eigenvalue weighted by molar-refractivity contribution is 5.80. The van der Waals surface area contributed by atoms with Crippen molar-refractivity contribution >= 4 is 12.0 Å². The first-order valence-electron chi connectivity index (χ1n) is 5.73. The van der Waals surface area contributed by atoms with Crippen LogP contribution in [-0.4, -0.2) is 35.6 Å². The van der Waals surface area contributed by atoms with Crippen molar-refractivity contribution in [1.29, 1.82) is 0 Å². The summed E-state index contributed by atoms with van der Waals surface area (Å²) in [6.07, 6.45) is 0. The van der Waals surface area contributed by atoms with E-state index in [1.165, 1.54) is 19.2 Å². The first-order valence-corrected chi connectivity index (χ1v) is 5.73. The standard InChI is InChI=1S/C13H17FN2O3/c1-13(2,9-5-4-6-10(14)7-9)15-12(19)16(3)8-11(17)18/h4-7H,8H2,1-3H3,(H,15,19)(H,17,18). The second kappa shape index (κ2) is 5.69. The van der Waals surface area contributed by atoms with Crippen LogP contribution in [0.5, 0.6) is 0 Å². The lowest BCUT2D eigenvalue weighted by molar-refractivity contribution is -0.137. The summed E-state index contributed by atoms with van der Waals surface area (Å²) in [5.41, 5.74) is -0.198. The van der Waals surface area contributed by atoms with Gasteiger partial charge in [-0.1, -0.05) is 12.1 Å². The summed E-state index contributed by atoms with van der Waals surface area (Å²) >= 11 is 0. The lowest BCUT2D eigenvalue weighted by atomic mass is 9.94. The minimum Gasteiger partial charge on any atom is -0.480 e. The van der Waals surface area contributed by atoms with Crippen molar-refractivity contribution in [1.82, 2.24) is 10.2 Å². The molecule has 0 spiro atoms. The average molecular weight is 268 g/mol. The van der Waals surface area contributed by atoms with Crippen LogP contribution in [0.2, 0.25) is 0 Å². The number of benzene rings is 1. The molecule has 0 unspecified atom stereocenters. The van der Waals surface area contributed by atoms with Gasteiger partial charge >= 0.3 is 12.0 Å². The fourth-order valence-corrected chi connectivity index (χ4v) is 1.59. The Labute approximate surface area is 111 Å². The Kier molecular flexibility index (Phi) is 4.47. The largest absolute Gasteiger partial charge is 0.480 e. The summed E-state index contributed by atoms with van der Waals surface area (Å²) in [5.74, 6) is -1.49. The number of aliphatic carboxylic acids is 1. The number of carboxylic acid groups (broad SMARTS) is 1. The molecular formula is C13H17FN2O3. The predicted octanol–water partition coefficient (Wildman–Crippen LogP) is 1.79. The SMILES string of the molecule is CN(CC(=O)O)C(=O)NC(C)(C)c1cccc(F)c1. The smallest absolute Gasteiger partial charge is 0.323 e. The number of hydrogen-bond donors (Lipinski definition) is 2. The maximum absolute atomic E-state index is 13.2. The van der Waals surface area contributed by atoms with Crippen LogP contribution >= 0.6 is 0 Å². The Morgan fingerprint density at radius 3 is 2.58 bits per heavy atom. The zero-order chi connectivity index (χ0) is 14.6. The third kappa shape index (κ3) is 4.24. The highest BCUT2D eigenvalue weighted by Gasteiger charge is 2.25. The predicted molar refractivity (Wildman–Crippen MR) is 68.2 cm³/mol. The van der Waals surface area contributed by atoms with Gasteiger partial charge in [0.05, 0.1) is 5.54 Å². The molecule has 19 heavy (non-hydrogen) atoms. The summed E-state index contributed by atoms with van der Waals surface area (Å²) in [6, 6.07) is 5.37. The quantitative estimate of drug-likeness (QED) is 0.874. The van der Waals surface area contributed by atoms with Crippen molar-refractivity contribution in [2.75, 3.05) is 13.6 Å². The van der Waals surface area contributed by atoms with E-state index in [0.717, 1.165) is 4.90 Å².